The van der Waals surface area contributed by atoms with Gasteiger partial charge >= 0.3 is 5.97 Å². The minimum Gasteiger partial charge on any atom is -0.478 e. The summed E-state index contributed by atoms with van der Waals surface area (Å²) in [5.41, 5.74) is 0.748. The number of nitrogens with zero attached hydrogens (tertiary/aromatic N) is 1. The fraction of sp³-hybridized carbons (Fsp3) is 0.0769. The van der Waals surface area contributed by atoms with Crippen LogP contribution in [0.3, 0.4) is 0 Å². The van der Waals surface area contributed by atoms with E-state index in [1.54, 1.807) is 18.3 Å². The van der Waals surface area contributed by atoms with Gasteiger partial charge in [-0.1, -0.05) is 24.4 Å². The average Bonchev–Trinajstić information content (AvgIpc) is 2.27. The number of aromatic carboxylic acids is 1. The Morgan fingerprint density at radius 3 is 2.88 bits per heavy atom. The number of hydrogen-bond donors (Lipinski definition) is 1. The van der Waals surface area contributed by atoms with Crippen molar-refractivity contribution in [2.75, 3.05) is 0 Å². The molecular weight excluding hydrogens is 234 g/mol. The third-order valence-electron chi connectivity index (χ3n) is 2.20. The first-order chi connectivity index (χ1) is 8.08. The highest BCUT2D eigenvalue weighted by molar-refractivity contribution is 8.03. The molecule has 86 valence electrons. The Morgan fingerprint density at radius 1 is 1.47 bits per heavy atom. The quantitative estimate of drug-likeness (QED) is 0.840. The van der Waals surface area contributed by atoms with E-state index in [1.807, 2.05) is 19.1 Å². The molecule has 0 amide bonds. The molecule has 0 fully saturated rings. The summed E-state index contributed by atoms with van der Waals surface area (Å²) in [6, 6.07) is 7.21. The Bertz CT molecular complexity index is 607. The minimum atomic E-state index is -0.960. The van der Waals surface area contributed by atoms with E-state index in [0.29, 0.717) is 5.52 Å². The van der Waals surface area contributed by atoms with E-state index in [-0.39, 0.29) is 5.56 Å². The van der Waals surface area contributed by atoms with Gasteiger partial charge in [0, 0.05) is 16.5 Å². The molecule has 0 aliphatic rings. The van der Waals surface area contributed by atoms with Crippen molar-refractivity contribution in [2.45, 2.75) is 11.8 Å². The molecule has 4 heteroatoms. The van der Waals surface area contributed by atoms with Crippen LogP contribution in [0.4, 0.5) is 0 Å². The molecule has 0 unspecified atom stereocenters. The number of thioether (sulfide) groups is 1. The van der Waals surface area contributed by atoms with Gasteiger partial charge in [-0.15, -0.1) is 0 Å². The van der Waals surface area contributed by atoms with Crippen LogP contribution in [0, 0.1) is 0 Å². The van der Waals surface area contributed by atoms with E-state index in [1.165, 1.54) is 11.8 Å². The predicted octanol–water partition coefficient (Wildman–Crippen LogP) is 3.56. The molecule has 0 atom stereocenters. The Morgan fingerprint density at radius 2 is 2.24 bits per heavy atom. The maximum Gasteiger partial charge on any atom is 0.337 e. The SMILES string of the molecule is C=C(C)Sc1cc(C(=O)O)c2ncccc2c1. The van der Waals surface area contributed by atoms with Crippen LogP contribution in [0.15, 0.2) is 46.8 Å². The maximum atomic E-state index is 11.2. The number of allylic oxidation sites excluding steroid dienone is 1. The zero-order valence-electron chi connectivity index (χ0n) is 9.30. The van der Waals surface area contributed by atoms with E-state index in [9.17, 15) is 4.79 Å². The van der Waals surface area contributed by atoms with Crippen LogP contribution in [0.1, 0.15) is 17.3 Å². The van der Waals surface area contributed by atoms with Crippen molar-refractivity contribution < 1.29 is 9.90 Å². The first-order valence-corrected chi connectivity index (χ1v) is 5.85. The first-order valence-electron chi connectivity index (χ1n) is 5.03. The van der Waals surface area contributed by atoms with Gasteiger partial charge in [0.25, 0.3) is 0 Å². The Balaban J connectivity index is 2.67. The van der Waals surface area contributed by atoms with Gasteiger partial charge in [-0.3, -0.25) is 4.98 Å². The summed E-state index contributed by atoms with van der Waals surface area (Å²) in [7, 11) is 0. The van der Waals surface area contributed by atoms with Crippen molar-refractivity contribution >= 4 is 28.6 Å². The van der Waals surface area contributed by atoms with E-state index in [0.717, 1.165) is 15.2 Å². The lowest BCUT2D eigenvalue weighted by molar-refractivity contribution is 0.0698. The van der Waals surface area contributed by atoms with Gasteiger partial charge in [0.1, 0.15) is 0 Å². The van der Waals surface area contributed by atoms with Crippen LogP contribution in [0.5, 0.6) is 0 Å². The van der Waals surface area contributed by atoms with E-state index in [4.69, 9.17) is 5.11 Å². The van der Waals surface area contributed by atoms with Crippen LogP contribution >= 0.6 is 11.8 Å². The summed E-state index contributed by atoms with van der Waals surface area (Å²) in [6.45, 7) is 5.69. The number of fused-ring (bicyclic) bond motifs is 1. The van der Waals surface area contributed by atoms with Gasteiger partial charge in [0.2, 0.25) is 0 Å². The van der Waals surface area contributed by atoms with Gasteiger partial charge in [-0.05, 0) is 30.0 Å². The van der Waals surface area contributed by atoms with E-state index >= 15 is 0 Å². The molecule has 1 heterocycles. The van der Waals surface area contributed by atoms with Crippen LogP contribution in [0.25, 0.3) is 10.9 Å². The summed E-state index contributed by atoms with van der Waals surface area (Å²) in [6.07, 6.45) is 1.60. The molecule has 3 nitrogen and oxygen atoms in total. The molecule has 0 aliphatic carbocycles. The fourth-order valence-electron chi connectivity index (χ4n) is 1.59. The van der Waals surface area contributed by atoms with Crippen LogP contribution in [-0.2, 0) is 0 Å². The smallest absolute Gasteiger partial charge is 0.337 e. The number of hydrogen-bond acceptors (Lipinski definition) is 3. The topological polar surface area (TPSA) is 50.2 Å². The molecule has 0 bridgehead atoms. The van der Waals surface area contributed by atoms with E-state index in [2.05, 4.69) is 11.6 Å². The van der Waals surface area contributed by atoms with Crippen LogP contribution in [0.2, 0.25) is 0 Å². The van der Waals surface area contributed by atoms with Crippen molar-refractivity contribution in [3.05, 3.63) is 47.5 Å². The highest BCUT2D eigenvalue weighted by Gasteiger charge is 2.11. The minimum absolute atomic E-state index is 0.229. The summed E-state index contributed by atoms with van der Waals surface area (Å²) in [4.78, 5) is 17.1. The molecule has 0 saturated carbocycles. The van der Waals surface area contributed by atoms with Crippen molar-refractivity contribution in [3.8, 4) is 0 Å². The van der Waals surface area contributed by atoms with Crippen molar-refractivity contribution in [3.63, 3.8) is 0 Å². The largest absolute Gasteiger partial charge is 0.478 e. The number of benzene rings is 1. The maximum absolute atomic E-state index is 11.2. The van der Waals surface area contributed by atoms with Gasteiger partial charge < -0.3 is 5.11 Å². The molecule has 1 N–H and O–H groups in total. The number of aromatic nitrogens is 1. The molecule has 2 rings (SSSR count). The van der Waals surface area contributed by atoms with Crippen molar-refractivity contribution in [1.82, 2.24) is 4.98 Å². The van der Waals surface area contributed by atoms with Crippen LogP contribution in [-0.4, -0.2) is 16.1 Å². The van der Waals surface area contributed by atoms with Gasteiger partial charge in [-0.25, -0.2) is 4.79 Å². The second kappa shape index (κ2) is 4.59. The summed E-state index contributed by atoms with van der Waals surface area (Å²) in [5.74, 6) is -0.960. The molecule has 2 aromatic rings. The zero-order chi connectivity index (χ0) is 12.4. The van der Waals surface area contributed by atoms with Crippen LogP contribution < -0.4 is 0 Å². The normalized spacial score (nSPS) is 10.4. The molecule has 0 aliphatic heterocycles. The second-order valence-corrected chi connectivity index (χ2v) is 5.03. The fourth-order valence-corrected chi connectivity index (χ4v) is 2.35. The second-order valence-electron chi connectivity index (χ2n) is 3.66. The average molecular weight is 245 g/mol. The Hall–Kier alpha value is -1.81. The summed E-state index contributed by atoms with van der Waals surface area (Å²) in [5, 5.41) is 10.00. The standard InChI is InChI=1S/C13H11NO2S/c1-8(2)17-10-6-9-4-3-5-14-12(9)11(7-10)13(15)16/h3-7H,1H2,2H3,(H,15,16). The molecule has 1 aromatic heterocycles. The lowest BCUT2D eigenvalue weighted by atomic mass is 10.1. The Labute approximate surface area is 103 Å². The molecule has 0 spiro atoms. The molecule has 17 heavy (non-hydrogen) atoms. The predicted molar refractivity (Wildman–Crippen MR) is 69.4 cm³/mol. The molecule has 0 saturated heterocycles. The third kappa shape index (κ3) is 2.47. The van der Waals surface area contributed by atoms with E-state index < -0.39 is 5.97 Å². The monoisotopic (exact) mass is 245 g/mol. The highest BCUT2D eigenvalue weighted by Crippen LogP contribution is 2.29. The van der Waals surface area contributed by atoms with Crippen molar-refractivity contribution in [2.24, 2.45) is 0 Å². The molecule has 0 radical (unpaired) electrons. The number of pyridine rings is 1. The lowest BCUT2D eigenvalue weighted by Crippen LogP contribution is -1.99. The number of carboxylic acid groups (broad SMARTS) is 1. The Kier molecular flexibility index (Phi) is 3.15. The van der Waals surface area contributed by atoms with Gasteiger partial charge in [0.15, 0.2) is 0 Å². The summed E-state index contributed by atoms with van der Waals surface area (Å²) >= 11 is 1.46. The third-order valence-corrected chi connectivity index (χ3v) is 3.02. The lowest BCUT2D eigenvalue weighted by Gasteiger charge is -2.06. The number of rotatable bonds is 3. The van der Waals surface area contributed by atoms with Crippen molar-refractivity contribution in [1.29, 1.82) is 0 Å². The molecular formula is C13H11NO2S. The number of carbonyl (C=O) groups is 1. The zero-order valence-corrected chi connectivity index (χ0v) is 10.1. The number of carboxylic acids is 1. The van der Waals surface area contributed by atoms with Gasteiger partial charge in [-0.2, -0.15) is 0 Å². The highest BCUT2D eigenvalue weighted by atomic mass is 32.2. The molecule has 1 aromatic carbocycles. The van der Waals surface area contributed by atoms with Gasteiger partial charge in [0.05, 0.1) is 11.1 Å². The summed E-state index contributed by atoms with van der Waals surface area (Å²) < 4.78 is 0. The first kappa shape index (κ1) is 11.7.